The van der Waals surface area contributed by atoms with Crippen molar-refractivity contribution in [1.82, 2.24) is 0 Å². The number of aliphatic carboxylic acids is 1. The summed E-state index contributed by atoms with van der Waals surface area (Å²) in [7, 11) is 0. The first kappa shape index (κ1) is 34.6. The van der Waals surface area contributed by atoms with Crippen molar-refractivity contribution in [3.05, 3.63) is 0 Å². The minimum atomic E-state index is -0.653. The summed E-state index contributed by atoms with van der Waals surface area (Å²) in [5.74, 6) is -0.653. The average molecular weight is 469 g/mol. The molecule has 1 N–H and O–H groups in total. The Bertz CT molecular complexity index is 330. The van der Waals surface area contributed by atoms with Crippen LogP contribution in [-0.2, 0) is 4.79 Å². The van der Waals surface area contributed by atoms with Crippen LogP contribution >= 0.6 is 0 Å². The summed E-state index contributed by atoms with van der Waals surface area (Å²) >= 11 is 0. The topological polar surface area (TPSA) is 37.3 Å². The molecule has 0 aliphatic carbocycles. The SMILES string of the molecule is CCCCCCCCCCCCC.CCCCCCCCCCCCCCCCCC(=O)O. The fraction of sp³-hybridized carbons (Fsp3) is 0.968. The average Bonchev–Trinajstić information content (AvgIpc) is 2.81. The normalized spacial score (nSPS) is 10.8. The highest BCUT2D eigenvalue weighted by atomic mass is 16.4. The zero-order chi connectivity index (χ0) is 24.7. The van der Waals surface area contributed by atoms with Crippen molar-refractivity contribution in [3.63, 3.8) is 0 Å². The van der Waals surface area contributed by atoms with Gasteiger partial charge in [0.2, 0.25) is 0 Å². The van der Waals surface area contributed by atoms with E-state index in [2.05, 4.69) is 20.8 Å². The molecule has 0 bridgehead atoms. The van der Waals surface area contributed by atoms with Gasteiger partial charge in [-0.2, -0.15) is 0 Å². The Labute approximate surface area is 210 Å². The predicted octanol–water partition coefficient (Wildman–Crippen LogP) is 11.6. The summed E-state index contributed by atoms with van der Waals surface area (Å²) in [5, 5.41) is 8.52. The lowest BCUT2D eigenvalue weighted by atomic mass is 10.0. The van der Waals surface area contributed by atoms with Crippen molar-refractivity contribution in [2.45, 2.75) is 194 Å². The molecule has 0 aromatic rings. The summed E-state index contributed by atoms with van der Waals surface area (Å²) in [6.45, 7) is 6.83. The van der Waals surface area contributed by atoms with E-state index in [0.29, 0.717) is 6.42 Å². The molecule has 0 aromatic heterocycles. The van der Waals surface area contributed by atoms with Gasteiger partial charge in [0.1, 0.15) is 0 Å². The summed E-state index contributed by atoms with van der Waals surface area (Å²) in [6, 6.07) is 0. The highest BCUT2D eigenvalue weighted by Crippen LogP contribution is 2.14. The van der Waals surface area contributed by atoms with Crippen LogP contribution in [0.25, 0.3) is 0 Å². The van der Waals surface area contributed by atoms with Gasteiger partial charge in [-0.25, -0.2) is 0 Å². The third-order valence-corrected chi connectivity index (χ3v) is 6.70. The Hall–Kier alpha value is -0.530. The molecule has 0 atom stereocenters. The van der Waals surface area contributed by atoms with E-state index in [1.165, 1.54) is 154 Å². The number of unbranched alkanes of at least 4 members (excludes halogenated alkanes) is 24. The lowest BCUT2D eigenvalue weighted by Gasteiger charge is -2.03. The second-order valence-electron chi connectivity index (χ2n) is 10.3. The largest absolute Gasteiger partial charge is 0.481 e. The first-order valence-electron chi connectivity index (χ1n) is 15.4. The van der Waals surface area contributed by atoms with Gasteiger partial charge in [0, 0.05) is 6.42 Å². The predicted molar refractivity (Wildman–Crippen MR) is 149 cm³/mol. The summed E-state index contributed by atoms with van der Waals surface area (Å²) in [6.07, 6.45) is 36.1. The number of carboxylic acid groups (broad SMARTS) is 1. The van der Waals surface area contributed by atoms with Gasteiger partial charge in [-0.1, -0.05) is 181 Å². The Morgan fingerprint density at radius 1 is 0.364 bits per heavy atom. The second-order valence-corrected chi connectivity index (χ2v) is 10.3. The number of rotatable bonds is 26. The molecule has 0 aliphatic heterocycles. The maximum absolute atomic E-state index is 10.3. The van der Waals surface area contributed by atoms with Gasteiger partial charge in [-0.05, 0) is 6.42 Å². The Morgan fingerprint density at radius 3 is 0.727 bits per heavy atom. The third-order valence-electron chi connectivity index (χ3n) is 6.70. The molecule has 0 amide bonds. The van der Waals surface area contributed by atoms with Gasteiger partial charge >= 0.3 is 5.97 Å². The summed E-state index contributed by atoms with van der Waals surface area (Å²) < 4.78 is 0. The van der Waals surface area contributed by atoms with Crippen LogP contribution in [-0.4, -0.2) is 11.1 Å². The van der Waals surface area contributed by atoms with Crippen LogP contribution in [0.4, 0.5) is 0 Å². The van der Waals surface area contributed by atoms with Crippen molar-refractivity contribution in [1.29, 1.82) is 0 Å². The van der Waals surface area contributed by atoms with Crippen LogP contribution in [0.1, 0.15) is 194 Å². The Kier molecular flexibility index (Phi) is 35.3. The molecule has 0 aromatic carbocycles. The molecule has 0 heterocycles. The van der Waals surface area contributed by atoms with Crippen LogP contribution in [0.2, 0.25) is 0 Å². The van der Waals surface area contributed by atoms with Crippen LogP contribution in [0.5, 0.6) is 0 Å². The highest BCUT2D eigenvalue weighted by Gasteiger charge is 1.97. The molecule has 0 spiro atoms. The number of carboxylic acids is 1. The summed E-state index contributed by atoms with van der Waals surface area (Å²) in [4.78, 5) is 10.3. The smallest absolute Gasteiger partial charge is 0.303 e. The van der Waals surface area contributed by atoms with E-state index in [4.69, 9.17) is 5.11 Å². The maximum atomic E-state index is 10.3. The van der Waals surface area contributed by atoms with E-state index >= 15 is 0 Å². The lowest BCUT2D eigenvalue weighted by Crippen LogP contribution is -1.93. The highest BCUT2D eigenvalue weighted by molar-refractivity contribution is 5.66. The van der Waals surface area contributed by atoms with Gasteiger partial charge in [-0.3, -0.25) is 4.79 Å². The van der Waals surface area contributed by atoms with Gasteiger partial charge in [0.05, 0.1) is 0 Å². The van der Waals surface area contributed by atoms with E-state index in [-0.39, 0.29) is 0 Å². The summed E-state index contributed by atoms with van der Waals surface area (Å²) in [5.41, 5.74) is 0. The number of carbonyl (C=O) groups is 1. The first-order chi connectivity index (χ1) is 16.2. The van der Waals surface area contributed by atoms with Crippen molar-refractivity contribution in [2.75, 3.05) is 0 Å². The molecule has 0 rings (SSSR count). The fourth-order valence-electron chi connectivity index (χ4n) is 4.38. The van der Waals surface area contributed by atoms with Crippen LogP contribution in [0.15, 0.2) is 0 Å². The van der Waals surface area contributed by atoms with E-state index in [0.717, 1.165) is 12.8 Å². The van der Waals surface area contributed by atoms with Crippen molar-refractivity contribution in [2.24, 2.45) is 0 Å². The van der Waals surface area contributed by atoms with Crippen LogP contribution in [0, 0.1) is 0 Å². The van der Waals surface area contributed by atoms with Crippen molar-refractivity contribution < 1.29 is 9.90 Å². The standard InChI is InChI=1S/C18H36O2.C13H28/c1-2-3-4-5-6-7-8-9-10-11-12-13-14-15-16-17-18(19)20;1-3-5-7-9-11-13-12-10-8-6-4-2/h2-17H2,1H3,(H,19,20);3-13H2,1-2H3. The van der Waals surface area contributed by atoms with Gasteiger partial charge in [0.25, 0.3) is 0 Å². The van der Waals surface area contributed by atoms with Gasteiger partial charge < -0.3 is 5.11 Å². The van der Waals surface area contributed by atoms with E-state index in [1.807, 2.05) is 0 Å². The fourth-order valence-corrected chi connectivity index (χ4v) is 4.38. The van der Waals surface area contributed by atoms with E-state index in [1.54, 1.807) is 0 Å². The minimum Gasteiger partial charge on any atom is -0.481 e. The molecular formula is C31H64O2. The lowest BCUT2D eigenvalue weighted by molar-refractivity contribution is -0.137. The van der Waals surface area contributed by atoms with Crippen molar-refractivity contribution >= 4 is 5.97 Å². The van der Waals surface area contributed by atoms with Crippen LogP contribution < -0.4 is 0 Å². The van der Waals surface area contributed by atoms with Crippen LogP contribution in [0.3, 0.4) is 0 Å². The number of hydrogen-bond acceptors (Lipinski definition) is 1. The van der Waals surface area contributed by atoms with Gasteiger partial charge in [-0.15, -0.1) is 0 Å². The maximum Gasteiger partial charge on any atom is 0.303 e. The molecule has 0 fully saturated rings. The number of hydrogen-bond donors (Lipinski definition) is 1. The zero-order valence-electron chi connectivity index (χ0n) is 23.4. The third kappa shape index (κ3) is 39.0. The molecule has 200 valence electrons. The molecule has 0 radical (unpaired) electrons. The van der Waals surface area contributed by atoms with E-state index in [9.17, 15) is 4.79 Å². The quantitative estimate of drug-likeness (QED) is 0.128. The molecule has 0 saturated carbocycles. The minimum absolute atomic E-state index is 0.345. The molecule has 0 unspecified atom stereocenters. The zero-order valence-corrected chi connectivity index (χ0v) is 23.4. The Balaban J connectivity index is 0. The molecule has 33 heavy (non-hydrogen) atoms. The Morgan fingerprint density at radius 2 is 0.545 bits per heavy atom. The molecule has 0 saturated heterocycles. The first-order valence-corrected chi connectivity index (χ1v) is 15.4. The van der Waals surface area contributed by atoms with Crippen molar-refractivity contribution in [3.8, 4) is 0 Å². The monoisotopic (exact) mass is 468 g/mol. The molecule has 0 aliphatic rings. The molecule has 2 heteroatoms. The van der Waals surface area contributed by atoms with Gasteiger partial charge in [0.15, 0.2) is 0 Å². The van der Waals surface area contributed by atoms with E-state index < -0.39 is 5.97 Å². The molecule has 2 nitrogen and oxygen atoms in total. The molecular weight excluding hydrogens is 404 g/mol. The second kappa shape index (κ2) is 33.6.